The van der Waals surface area contributed by atoms with E-state index in [4.69, 9.17) is 0 Å². The minimum atomic E-state index is -2.78. The van der Waals surface area contributed by atoms with Gasteiger partial charge >= 0.3 is 0 Å². The Morgan fingerprint density at radius 1 is 1.06 bits per heavy atom. The molecule has 1 aromatic heterocycles. The van der Waals surface area contributed by atoms with Crippen LogP contribution < -0.4 is 15.9 Å². The van der Waals surface area contributed by atoms with E-state index < -0.39 is 7.14 Å². The lowest BCUT2D eigenvalue weighted by Gasteiger charge is -2.31. The van der Waals surface area contributed by atoms with Gasteiger partial charge in [-0.2, -0.15) is 0 Å². The molecule has 6 nitrogen and oxygen atoms in total. The molecule has 1 amide bonds. The van der Waals surface area contributed by atoms with Crippen LogP contribution in [0, 0.1) is 0 Å². The Hall–Kier alpha value is -2.79. The van der Waals surface area contributed by atoms with Gasteiger partial charge in [-0.15, -0.1) is 0 Å². The first-order valence-corrected chi connectivity index (χ1v) is 14.8. The number of piperidine rings is 1. The molecule has 1 saturated heterocycles. The number of rotatable bonds is 9. The molecule has 1 atom stereocenters. The maximum Gasteiger partial charge on any atom is 0.253 e. The van der Waals surface area contributed by atoms with Crippen molar-refractivity contribution in [2.24, 2.45) is 0 Å². The first kappa shape index (κ1) is 26.3. The average Bonchev–Trinajstić information content (AvgIpc) is 2.92. The number of aromatic nitrogens is 1. The van der Waals surface area contributed by atoms with Crippen LogP contribution in [0.2, 0.25) is 0 Å². The van der Waals surface area contributed by atoms with E-state index in [2.05, 4.69) is 21.3 Å². The summed E-state index contributed by atoms with van der Waals surface area (Å²) in [5, 5.41) is 4.71. The number of amides is 1. The third-order valence-electron chi connectivity index (χ3n) is 7.13. The number of benzene rings is 2. The van der Waals surface area contributed by atoms with Crippen molar-refractivity contribution in [1.82, 2.24) is 20.1 Å². The van der Waals surface area contributed by atoms with Gasteiger partial charge in [0.05, 0.1) is 0 Å². The van der Waals surface area contributed by atoms with Crippen molar-refractivity contribution in [2.45, 2.75) is 25.3 Å². The molecule has 3 aromatic rings. The molecule has 1 aliphatic heterocycles. The number of carbonyl (C=O) groups excluding carboxylic acids is 1. The van der Waals surface area contributed by atoms with Crippen molar-refractivity contribution in [3.63, 3.8) is 0 Å². The van der Waals surface area contributed by atoms with Crippen LogP contribution in [0.5, 0.6) is 0 Å². The van der Waals surface area contributed by atoms with Gasteiger partial charge in [-0.05, 0) is 69.5 Å². The molecule has 2 heterocycles. The van der Waals surface area contributed by atoms with Gasteiger partial charge in [-0.1, -0.05) is 42.5 Å². The van der Waals surface area contributed by atoms with E-state index in [1.54, 1.807) is 23.7 Å². The van der Waals surface area contributed by atoms with E-state index in [-0.39, 0.29) is 5.91 Å². The maximum atomic E-state index is 13.6. The van der Waals surface area contributed by atoms with E-state index in [0.717, 1.165) is 55.6 Å². The highest BCUT2D eigenvalue weighted by atomic mass is 31.2. The van der Waals surface area contributed by atoms with Crippen LogP contribution in [-0.4, -0.2) is 67.6 Å². The van der Waals surface area contributed by atoms with Crippen LogP contribution in [0.25, 0.3) is 0 Å². The molecule has 2 aromatic carbocycles. The standard InChI is InChI=1S/C29H37N4O2P/c1-30-16-19-33-17-13-24(14-18-33)28-20-23(12-15-31-28)22-32(2)29(34)25-8-7-11-27(21-25)36(3,35)26-9-5-4-6-10-26/h4-12,15,20-21,24,30H,13-14,16-19,22H2,1-3H3. The van der Waals surface area contributed by atoms with Crippen molar-refractivity contribution in [1.29, 1.82) is 0 Å². The number of pyridine rings is 1. The van der Waals surface area contributed by atoms with Gasteiger partial charge in [0.15, 0.2) is 0 Å². The Morgan fingerprint density at radius 2 is 1.78 bits per heavy atom. The predicted octanol–water partition coefficient (Wildman–Crippen LogP) is 3.70. The first-order valence-electron chi connectivity index (χ1n) is 12.7. The fourth-order valence-corrected chi connectivity index (χ4v) is 6.67. The highest BCUT2D eigenvalue weighted by Gasteiger charge is 2.24. The summed E-state index contributed by atoms with van der Waals surface area (Å²) in [6.07, 6.45) is 4.09. The Labute approximate surface area is 215 Å². The number of hydrogen-bond donors (Lipinski definition) is 1. The maximum absolute atomic E-state index is 13.6. The van der Waals surface area contributed by atoms with E-state index in [1.807, 2.05) is 68.8 Å². The molecule has 1 N–H and O–H groups in total. The lowest BCUT2D eigenvalue weighted by atomic mass is 9.92. The third kappa shape index (κ3) is 6.31. The molecule has 0 radical (unpaired) electrons. The van der Waals surface area contributed by atoms with Crippen molar-refractivity contribution in [2.75, 3.05) is 46.9 Å². The monoisotopic (exact) mass is 504 g/mol. The summed E-state index contributed by atoms with van der Waals surface area (Å²) in [5.74, 6) is 0.381. The number of likely N-dealkylation sites (N-methyl/N-ethyl adjacent to an activating group) is 1. The van der Waals surface area contributed by atoms with Crippen LogP contribution in [0.1, 0.15) is 40.4 Å². The summed E-state index contributed by atoms with van der Waals surface area (Å²) in [7, 11) is 1.03. The van der Waals surface area contributed by atoms with Crippen LogP contribution in [0.15, 0.2) is 72.9 Å². The fraction of sp³-hybridized carbons (Fsp3) is 0.379. The minimum absolute atomic E-state index is 0.0823. The van der Waals surface area contributed by atoms with Gasteiger partial charge in [0.25, 0.3) is 5.91 Å². The third-order valence-corrected chi connectivity index (χ3v) is 9.68. The van der Waals surface area contributed by atoms with E-state index in [0.29, 0.717) is 23.3 Å². The fourth-order valence-electron chi connectivity index (χ4n) is 4.87. The largest absolute Gasteiger partial charge is 0.337 e. The van der Waals surface area contributed by atoms with Gasteiger partial charge in [-0.3, -0.25) is 9.78 Å². The Kier molecular flexibility index (Phi) is 8.73. The molecular formula is C29H37N4O2P. The summed E-state index contributed by atoms with van der Waals surface area (Å²) >= 11 is 0. The number of likely N-dealkylation sites (tertiary alicyclic amines) is 1. The molecule has 190 valence electrons. The SMILES string of the molecule is CNCCN1CCC(c2cc(CN(C)C(=O)c3cccc(P(C)(=O)c4ccccc4)c3)ccn2)CC1. The molecule has 1 unspecified atom stereocenters. The number of nitrogens with one attached hydrogen (secondary N) is 1. The van der Waals surface area contributed by atoms with Gasteiger partial charge in [0, 0.05) is 60.7 Å². The van der Waals surface area contributed by atoms with Crippen molar-refractivity contribution >= 4 is 23.7 Å². The highest BCUT2D eigenvalue weighted by Crippen LogP contribution is 2.38. The predicted molar refractivity (Wildman–Crippen MR) is 148 cm³/mol. The van der Waals surface area contributed by atoms with Crippen molar-refractivity contribution in [3.05, 3.63) is 89.7 Å². The highest BCUT2D eigenvalue weighted by molar-refractivity contribution is 7.78. The molecule has 0 spiro atoms. The number of hydrogen-bond acceptors (Lipinski definition) is 5. The zero-order chi connectivity index (χ0) is 25.5. The second-order valence-electron chi connectivity index (χ2n) is 9.78. The van der Waals surface area contributed by atoms with Crippen molar-refractivity contribution in [3.8, 4) is 0 Å². The summed E-state index contributed by atoms with van der Waals surface area (Å²) < 4.78 is 13.6. The van der Waals surface area contributed by atoms with Gasteiger partial charge in [0.2, 0.25) is 0 Å². The lowest BCUT2D eigenvalue weighted by Crippen LogP contribution is -2.37. The molecule has 1 fully saturated rings. The number of nitrogens with zero attached hydrogens (tertiary/aromatic N) is 3. The molecule has 0 saturated carbocycles. The van der Waals surface area contributed by atoms with E-state index in [9.17, 15) is 9.36 Å². The molecule has 1 aliphatic rings. The molecule has 4 rings (SSSR count). The number of carbonyl (C=O) groups is 1. The van der Waals surface area contributed by atoms with E-state index in [1.165, 1.54) is 0 Å². The Balaban J connectivity index is 1.42. The average molecular weight is 505 g/mol. The summed E-state index contributed by atoms with van der Waals surface area (Å²) in [4.78, 5) is 22.2. The van der Waals surface area contributed by atoms with Crippen LogP contribution in [-0.2, 0) is 11.1 Å². The quantitative estimate of drug-likeness (QED) is 0.451. The molecule has 7 heteroatoms. The van der Waals surface area contributed by atoms with E-state index >= 15 is 0 Å². The van der Waals surface area contributed by atoms with Crippen LogP contribution in [0.4, 0.5) is 0 Å². The van der Waals surface area contributed by atoms with Crippen molar-refractivity contribution < 1.29 is 9.36 Å². The second-order valence-corrected chi connectivity index (χ2v) is 12.7. The molecule has 36 heavy (non-hydrogen) atoms. The Morgan fingerprint density at radius 3 is 2.50 bits per heavy atom. The van der Waals surface area contributed by atoms with Crippen LogP contribution in [0.3, 0.4) is 0 Å². The van der Waals surface area contributed by atoms with Gasteiger partial charge in [0.1, 0.15) is 7.14 Å². The summed E-state index contributed by atoms with van der Waals surface area (Å²) in [5.41, 5.74) is 2.75. The molecule has 0 bridgehead atoms. The molecular weight excluding hydrogens is 467 g/mol. The minimum Gasteiger partial charge on any atom is -0.337 e. The zero-order valence-electron chi connectivity index (χ0n) is 21.6. The Bertz CT molecular complexity index is 1210. The van der Waals surface area contributed by atoms with Gasteiger partial charge < -0.3 is 19.7 Å². The van der Waals surface area contributed by atoms with Gasteiger partial charge in [-0.25, -0.2) is 0 Å². The first-order chi connectivity index (χ1) is 17.4. The van der Waals surface area contributed by atoms with Crippen LogP contribution >= 0.6 is 7.14 Å². The second kappa shape index (κ2) is 12.0. The topological polar surface area (TPSA) is 65.5 Å². The normalized spacial score (nSPS) is 16.4. The summed E-state index contributed by atoms with van der Waals surface area (Å²) in [6.45, 7) is 6.56. The molecule has 0 aliphatic carbocycles. The smallest absolute Gasteiger partial charge is 0.253 e. The lowest BCUT2D eigenvalue weighted by molar-refractivity contribution is 0.0785. The zero-order valence-corrected chi connectivity index (χ0v) is 22.5. The summed E-state index contributed by atoms with van der Waals surface area (Å²) in [6, 6.07) is 20.9.